The summed E-state index contributed by atoms with van der Waals surface area (Å²) < 4.78 is 0. The molecule has 0 saturated heterocycles. The molecule has 0 N–H and O–H groups in total. The van der Waals surface area contributed by atoms with Gasteiger partial charge in [-0.1, -0.05) is 29.5 Å². The Hall–Kier alpha value is 0.0169. The average Bonchev–Trinajstić information content (AvgIpc) is 1.93. The molecule has 0 bridgehead atoms. The zero-order valence-corrected chi connectivity index (χ0v) is 9.86. The summed E-state index contributed by atoms with van der Waals surface area (Å²) in [5.74, 6) is 0. The van der Waals surface area contributed by atoms with Crippen molar-refractivity contribution in [2.45, 2.75) is 11.3 Å². The highest BCUT2D eigenvalue weighted by molar-refractivity contribution is 6.44. The monoisotopic (exact) mass is 204 g/mol. The van der Waals surface area contributed by atoms with E-state index in [0.717, 1.165) is 16.7 Å². The Morgan fingerprint density at radius 3 is 2.45 bits per heavy atom. The number of hydrogen-bond donors (Lipinski definition) is 0. The maximum Gasteiger partial charge on any atom is 0.111 e. The van der Waals surface area contributed by atoms with E-state index in [4.69, 9.17) is 23.2 Å². The fourth-order valence-electron chi connectivity index (χ4n) is 1.01. The minimum atomic E-state index is -0.273. The Bertz CT molecular complexity index is 235. The second-order valence-electron chi connectivity index (χ2n) is 2.52. The van der Waals surface area contributed by atoms with E-state index in [1.807, 2.05) is 12.1 Å². The molecule has 0 aliphatic heterocycles. The Balaban J connectivity index is 2.78. The van der Waals surface area contributed by atoms with Crippen LogP contribution in [0.25, 0.3) is 0 Å². The molecule has 0 spiro atoms. The smallest absolute Gasteiger partial charge is 0.105 e. The number of rotatable bonds is 2. The summed E-state index contributed by atoms with van der Waals surface area (Å²) in [5, 5.41) is 1.39. The number of halogens is 2. The molecule has 0 fully saturated rings. The second kappa shape index (κ2) is 4.15. The molecular weight excluding hydrogens is 195 g/mol. The topological polar surface area (TPSA) is 0 Å². The molecule has 0 atom stereocenters. The van der Waals surface area contributed by atoms with Gasteiger partial charge < -0.3 is 0 Å². The molecule has 60 valence electrons. The van der Waals surface area contributed by atoms with Crippen LogP contribution in [0.1, 0.15) is 5.56 Å². The minimum absolute atomic E-state index is 0.273. The molecule has 0 amide bonds. The van der Waals surface area contributed by atoms with Gasteiger partial charge in [-0.25, -0.2) is 0 Å². The van der Waals surface area contributed by atoms with Gasteiger partial charge in [-0.2, -0.15) is 0 Å². The standard InChI is InChI=1S/C8H10Cl2Si/c9-8(10)5-6-3-1-2-4-7(6)11/h1-4,8H,5H2,11H3. The lowest BCUT2D eigenvalue weighted by atomic mass is 10.2. The SMILES string of the molecule is [SiH3]c1ccccc1CC(Cl)Cl. The normalized spacial score (nSPS) is 10.8. The van der Waals surface area contributed by atoms with E-state index < -0.39 is 0 Å². The van der Waals surface area contributed by atoms with Crippen molar-refractivity contribution in [3.05, 3.63) is 29.8 Å². The van der Waals surface area contributed by atoms with Crippen LogP contribution in [0.5, 0.6) is 0 Å². The van der Waals surface area contributed by atoms with E-state index in [0.29, 0.717) is 0 Å². The molecule has 1 aromatic carbocycles. The van der Waals surface area contributed by atoms with E-state index in [1.165, 1.54) is 10.8 Å². The molecule has 0 radical (unpaired) electrons. The molecule has 0 saturated carbocycles. The number of hydrogen-bond acceptors (Lipinski definition) is 0. The number of alkyl halides is 2. The highest BCUT2D eigenvalue weighted by Gasteiger charge is 2.02. The summed E-state index contributed by atoms with van der Waals surface area (Å²) in [6.07, 6.45) is 0.767. The van der Waals surface area contributed by atoms with Crippen LogP contribution < -0.4 is 5.19 Å². The lowest BCUT2D eigenvalue weighted by Crippen LogP contribution is -2.11. The summed E-state index contributed by atoms with van der Waals surface area (Å²) in [7, 11) is 1.06. The van der Waals surface area contributed by atoms with Gasteiger partial charge in [-0.3, -0.25) is 0 Å². The van der Waals surface area contributed by atoms with Gasteiger partial charge in [-0.15, -0.1) is 23.2 Å². The van der Waals surface area contributed by atoms with Crippen LogP contribution in [-0.2, 0) is 6.42 Å². The fraction of sp³-hybridized carbons (Fsp3) is 0.250. The molecule has 0 aromatic heterocycles. The molecule has 0 aliphatic rings. The van der Waals surface area contributed by atoms with Crippen LogP contribution in [0, 0.1) is 0 Å². The van der Waals surface area contributed by atoms with E-state index in [1.54, 1.807) is 0 Å². The number of benzene rings is 1. The Kier molecular flexibility index (Phi) is 3.43. The zero-order valence-electron chi connectivity index (χ0n) is 6.35. The van der Waals surface area contributed by atoms with E-state index in [9.17, 15) is 0 Å². The third-order valence-electron chi connectivity index (χ3n) is 1.64. The lowest BCUT2D eigenvalue weighted by Gasteiger charge is -2.04. The fourth-order valence-corrected chi connectivity index (χ4v) is 1.90. The van der Waals surface area contributed by atoms with Crippen molar-refractivity contribution in [1.82, 2.24) is 0 Å². The van der Waals surface area contributed by atoms with Crippen LogP contribution in [-0.4, -0.2) is 15.1 Å². The molecule has 3 heteroatoms. The first-order valence-corrected chi connectivity index (χ1v) is 5.40. The van der Waals surface area contributed by atoms with Crippen LogP contribution in [0.15, 0.2) is 24.3 Å². The maximum absolute atomic E-state index is 5.67. The van der Waals surface area contributed by atoms with Crippen LogP contribution in [0.2, 0.25) is 0 Å². The predicted molar refractivity (Wildman–Crippen MR) is 55.2 cm³/mol. The zero-order chi connectivity index (χ0) is 8.27. The third kappa shape index (κ3) is 2.85. The lowest BCUT2D eigenvalue weighted by molar-refractivity contribution is 1.10. The molecule has 1 rings (SSSR count). The molecule has 1 aromatic rings. The summed E-state index contributed by atoms with van der Waals surface area (Å²) in [4.78, 5) is -0.273. The maximum atomic E-state index is 5.67. The summed E-state index contributed by atoms with van der Waals surface area (Å²) in [5.41, 5.74) is 1.29. The molecular formula is C8H10Cl2Si. The Morgan fingerprint density at radius 1 is 1.27 bits per heavy atom. The van der Waals surface area contributed by atoms with Crippen molar-refractivity contribution in [2.75, 3.05) is 0 Å². The Morgan fingerprint density at radius 2 is 1.91 bits per heavy atom. The summed E-state index contributed by atoms with van der Waals surface area (Å²) >= 11 is 11.3. The van der Waals surface area contributed by atoms with Crippen molar-refractivity contribution in [3.8, 4) is 0 Å². The largest absolute Gasteiger partial charge is 0.111 e. The highest BCUT2D eigenvalue weighted by Crippen LogP contribution is 2.08. The summed E-state index contributed by atoms with van der Waals surface area (Å²) in [6, 6.07) is 8.27. The van der Waals surface area contributed by atoms with Crippen molar-refractivity contribution in [2.24, 2.45) is 0 Å². The van der Waals surface area contributed by atoms with E-state index in [2.05, 4.69) is 12.1 Å². The quantitative estimate of drug-likeness (QED) is 0.499. The van der Waals surface area contributed by atoms with Crippen molar-refractivity contribution in [1.29, 1.82) is 0 Å². The van der Waals surface area contributed by atoms with Gasteiger partial charge in [0.25, 0.3) is 0 Å². The molecule has 11 heavy (non-hydrogen) atoms. The van der Waals surface area contributed by atoms with Gasteiger partial charge in [0.15, 0.2) is 0 Å². The van der Waals surface area contributed by atoms with E-state index in [-0.39, 0.29) is 4.84 Å². The van der Waals surface area contributed by atoms with Crippen molar-refractivity contribution in [3.63, 3.8) is 0 Å². The van der Waals surface area contributed by atoms with Gasteiger partial charge in [0, 0.05) is 16.7 Å². The molecule has 0 unspecified atom stereocenters. The van der Waals surface area contributed by atoms with Crippen molar-refractivity contribution < 1.29 is 0 Å². The average molecular weight is 205 g/mol. The molecule has 0 aliphatic carbocycles. The van der Waals surface area contributed by atoms with Crippen molar-refractivity contribution >= 4 is 38.6 Å². The third-order valence-corrected chi connectivity index (χ3v) is 2.92. The van der Waals surface area contributed by atoms with Gasteiger partial charge in [0.2, 0.25) is 0 Å². The van der Waals surface area contributed by atoms with Gasteiger partial charge in [0.05, 0.1) is 0 Å². The first kappa shape index (κ1) is 9.11. The highest BCUT2D eigenvalue weighted by atomic mass is 35.5. The first-order valence-electron chi connectivity index (χ1n) is 3.53. The van der Waals surface area contributed by atoms with Gasteiger partial charge in [0.1, 0.15) is 4.84 Å². The summed E-state index contributed by atoms with van der Waals surface area (Å²) in [6.45, 7) is 0. The Labute approximate surface area is 79.9 Å². The van der Waals surface area contributed by atoms with Crippen LogP contribution in [0.3, 0.4) is 0 Å². The minimum Gasteiger partial charge on any atom is -0.105 e. The predicted octanol–water partition coefficient (Wildman–Crippen LogP) is 1.02. The van der Waals surface area contributed by atoms with Gasteiger partial charge >= 0.3 is 0 Å². The molecule has 0 nitrogen and oxygen atoms in total. The van der Waals surface area contributed by atoms with Crippen LogP contribution in [0.4, 0.5) is 0 Å². The molecule has 0 heterocycles. The second-order valence-corrected chi connectivity index (χ2v) is 4.88. The van der Waals surface area contributed by atoms with Crippen LogP contribution >= 0.6 is 23.2 Å². The van der Waals surface area contributed by atoms with E-state index >= 15 is 0 Å². The van der Waals surface area contributed by atoms with Gasteiger partial charge in [-0.05, 0) is 5.56 Å². The first-order chi connectivity index (χ1) is 5.20.